The first-order chi connectivity index (χ1) is 8.36. The number of fused-ring (bicyclic) bond motifs is 1. The Morgan fingerprint density at radius 2 is 2.35 bits per heavy atom. The van der Waals surface area contributed by atoms with Gasteiger partial charge < -0.3 is 10.1 Å². The third-order valence-corrected chi connectivity index (χ3v) is 3.72. The van der Waals surface area contributed by atoms with Crippen LogP contribution in [-0.2, 0) is 0 Å². The summed E-state index contributed by atoms with van der Waals surface area (Å²) in [7, 11) is 0. The van der Waals surface area contributed by atoms with Gasteiger partial charge in [-0.1, -0.05) is 6.07 Å². The van der Waals surface area contributed by atoms with E-state index >= 15 is 0 Å². The van der Waals surface area contributed by atoms with Crippen molar-refractivity contribution in [3.05, 3.63) is 46.2 Å². The normalized spacial score (nSPS) is 17.5. The molecule has 1 aliphatic rings. The fraction of sp³-hybridized carbons (Fsp3) is 0.154. The van der Waals surface area contributed by atoms with E-state index in [1.165, 1.54) is 4.88 Å². The van der Waals surface area contributed by atoms with Gasteiger partial charge in [0.15, 0.2) is 0 Å². The maximum Gasteiger partial charge on any atom is 0.142 e. The van der Waals surface area contributed by atoms with Crippen LogP contribution in [0.3, 0.4) is 0 Å². The largest absolute Gasteiger partial charge is 0.489 e. The zero-order valence-corrected chi connectivity index (χ0v) is 9.83. The molecule has 1 aliphatic heterocycles. The van der Waals surface area contributed by atoms with E-state index in [9.17, 15) is 0 Å². The lowest BCUT2D eigenvalue weighted by Gasteiger charge is -2.26. The summed E-state index contributed by atoms with van der Waals surface area (Å²) in [5, 5.41) is 14.3. The predicted octanol–water partition coefficient (Wildman–Crippen LogP) is 3.17. The predicted molar refractivity (Wildman–Crippen MR) is 67.3 cm³/mol. The maximum absolute atomic E-state index is 8.87. The number of nitriles is 1. The number of nitrogens with zero attached hydrogens (tertiary/aromatic N) is 1. The third-order valence-electron chi connectivity index (χ3n) is 2.73. The van der Waals surface area contributed by atoms with Crippen LogP contribution in [0.2, 0.25) is 0 Å². The molecule has 0 saturated heterocycles. The van der Waals surface area contributed by atoms with Crippen molar-refractivity contribution in [1.82, 2.24) is 0 Å². The number of hydrogen-bond donors (Lipinski definition) is 1. The van der Waals surface area contributed by atoms with Crippen LogP contribution in [0, 0.1) is 11.3 Å². The molecule has 1 N–H and O–H groups in total. The first-order valence-corrected chi connectivity index (χ1v) is 6.21. The molecule has 2 heterocycles. The fourth-order valence-corrected chi connectivity index (χ4v) is 2.65. The van der Waals surface area contributed by atoms with E-state index in [1.807, 2.05) is 18.2 Å². The van der Waals surface area contributed by atoms with Crippen molar-refractivity contribution in [3.63, 3.8) is 0 Å². The molecule has 3 nitrogen and oxygen atoms in total. The number of nitrogens with one attached hydrogen (secondary N) is 1. The number of hydrogen-bond acceptors (Lipinski definition) is 4. The molecule has 0 aliphatic carbocycles. The average molecular weight is 242 g/mol. The van der Waals surface area contributed by atoms with E-state index in [0.29, 0.717) is 12.2 Å². The van der Waals surface area contributed by atoms with E-state index < -0.39 is 0 Å². The van der Waals surface area contributed by atoms with Crippen molar-refractivity contribution in [2.75, 3.05) is 11.9 Å². The summed E-state index contributed by atoms with van der Waals surface area (Å²) in [5.41, 5.74) is 1.54. The first kappa shape index (κ1) is 10.2. The van der Waals surface area contributed by atoms with Gasteiger partial charge in [0.05, 0.1) is 23.4 Å². The van der Waals surface area contributed by atoms with E-state index in [2.05, 4.69) is 22.8 Å². The molecule has 1 aromatic carbocycles. The number of rotatable bonds is 1. The highest BCUT2D eigenvalue weighted by Crippen LogP contribution is 2.35. The molecule has 0 bridgehead atoms. The maximum atomic E-state index is 8.87. The molecule has 0 radical (unpaired) electrons. The van der Waals surface area contributed by atoms with Crippen molar-refractivity contribution in [1.29, 1.82) is 5.26 Å². The number of thiophene rings is 1. The summed E-state index contributed by atoms with van der Waals surface area (Å²) in [6, 6.07) is 11.9. The highest BCUT2D eigenvalue weighted by molar-refractivity contribution is 7.10. The van der Waals surface area contributed by atoms with E-state index in [0.717, 1.165) is 11.4 Å². The Hall–Kier alpha value is -1.99. The Balaban J connectivity index is 1.92. The van der Waals surface area contributed by atoms with Gasteiger partial charge in [-0.25, -0.2) is 0 Å². The summed E-state index contributed by atoms with van der Waals surface area (Å²) >= 11 is 1.71. The average Bonchev–Trinajstić information content (AvgIpc) is 2.91. The number of ether oxygens (including phenoxy) is 1. The van der Waals surface area contributed by atoms with Crippen LogP contribution in [0.4, 0.5) is 5.69 Å². The lowest BCUT2D eigenvalue weighted by molar-refractivity contribution is 0.288. The van der Waals surface area contributed by atoms with E-state index in [-0.39, 0.29) is 6.04 Å². The summed E-state index contributed by atoms with van der Waals surface area (Å²) in [4.78, 5) is 1.25. The Labute approximate surface area is 103 Å². The van der Waals surface area contributed by atoms with Crippen LogP contribution in [0.1, 0.15) is 16.5 Å². The Kier molecular flexibility index (Phi) is 2.46. The summed E-state index contributed by atoms with van der Waals surface area (Å²) in [6.07, 6.45) is 0. The van der Waals surface area contributed by atoms with Gasteiger partial charge >= 0.3 is 0 Å². The van der Waals surface area contributed by atoms with Crippen LogP contribution >= 0.6 is 11.3 Å². The Bertz CT molecular complexity index is 572. The molecular formula is C13H10N2OS. The molecule has 4 heteroatoms. The first-order valence-electron chi connectivity index (χ1n) is 5.34. The van der Waals surface area contributed by atoms with Gasteiger partial charge in [0.25, 0.3) is 0 Å². The molecule has 0 spiro atoms. The smallest absolute Gasteiger partial charge is 0.142 e. The molecule has 17 heavy (non-hydrogen) atoms. The summed E-state index contributed by atoms with van der Waals surface area (Å²) < 4.78 is 5.69. The van der Waals surface area contributed by atoms with E-state index in [1.54, 1.807) is 17.4 Å². The van der Waals surface area contributed by atoms with Gasteiger partial charge in [-0.05, 0) is 29.6 Å². The minimum Gasteiger partial charge on any atom is -0.489 e. The van der Waals surface area contributed by atoms with Crippen LogP contribution in [-0.4, -0.2) is 6.61 Å². The van der Waals surface area contributed by atoms with Crippen molar-refractivity contribution < 1.29 is 4.74 Å². The molecule has 1 aromatic heterocycles. The van der Waals surface area contributed by atoms with Gasteiger partial charge in [-0.2, -0.15) is 5.26 Å². The quantitative estimate of drug-likeness (QED) is 0.835. The van der Waals surface area contributed by atoms with Gasteiger partial charge in [0.2, 0.25) is 0 Å². The molecular weight excluding hydrogens is 232 g/mol. The molecule has 0 saturated carbocycles. The molecule has 2 aromatic rings. The van der Waals surface area contributed by atoms with Gasteiger partial charge in [-0.15, -0.1) is 11.3 Å². The minimum atomic E-state index is 0.177. The van der Waals surface area contributed by atoms with Crippen molar-refractivity contribution in [2.45, 2.75) is 6.04 Å². The highest BCUT2D eigenvalue weighted by atomic mass is 32.1. The molecule has 0 fully saturated rings. The molecule has 1 atom stereocenters. The molecule has 1 unspecified atom stereocenters. The topological polar surface area (TPSA) is 45.0 Å². The van der Waals surface area contributed by atoms with Crippen LogP contribution in [0.5, 0.6) is 5.75 Å². The van der Waals surface area contributed by atoms with Gasteiger partial charge in [0.1, 0.15) is 12.4 Å². The van der Waals surface area contributed by atoms with Crippen molar-refractivity contribution in [3.8, 4) is 11.8 Å². The second kappa shape index (κ2) is 4.11. The van der Waals surface area contributed by atoms with Crippen LogP contribution in [0.25, 0.3) is 0 Å². The zero-order chi connectivity index (χ0) is 11.7. The lowest BCUT2D eigenvalue weighted by Crippen LogP contribution is -2.23. The second-order valence-electron chi connectivity index (χ2n) is 3.85. The molecule has 0 amide bonds. The molecule has 3 rings (SSSR count). The Morgan fingerprint density at radius 1 is 1.41 bits per heavy atom. The summed E-state index contributed by atoms with van der Waals surface area (Å²) in [5.74, 6) is 0.816. The number of benzene rings is 1. The Morgan fingerprint density at radius 3 is 3.12 bits per heavy atom. The van der Waals surface area contributed by atoms with Crippen molar-refractivity contribution in [2.24, 2.45) is 0 Å². The van der Waals surface area contributed by atoms with Crippen molar-refractivity contribution >= 4 is 17.0 Å². The second-order valence-corrected chi connectivity index (χ2v) is 4.83. The van der Waals surface area contributed by atoms with Gasteiger partial charge in [-0.3, -0.25) is 0 Å². The lowest BCUT2D eigenvalue weighted by atomic mass is 10.1. The minimum absolute atomic E-state index is 0.177. The summed E-state index contributed by atoms with van der Waals surface area (Å²) in [6.45, 7) is 0.624. The zero-order valence-electron chi connectivity index (χ0n) is 9.01. The fourth-order valence-electron chi connectivity index (χ4n) is 1.88. The third kappa shape index (κ3) is 1.85. The monoisotopic (exact) mass is 242 g/mol. The SMILES string of the molecule is N#Cc1ccc2c(c1)NC(c1cccs1)CO2. The van der Waals surface area contributed by atoms with Gasteiger partial charge in [0, 0.05) is 4.88 Å². The molecule has 84 valence electrons. The van der Waals surface area contributed by atoms with E-state index in [4.69, 9.17) is 10.00 Å². The van der Waals surface area contributed by atoms with Crippen LogP contribution < -0.4 is 10.1 Å². The highest BCUT2D eigenvalue weighted by Gasteiger charge is 2.21. The number of anilines is 1. The standard InChI is InChI=1S/C13H10N2OS/c14-7-9-3-4-12-10(6-9)15-11(8-16-12)13-2-1-5-17-13/h1-6,11,15H,8H2. The van der Waals surface area contributed by atoms with Crippen LogP contribution in [0.15, 0.2) is 35.7 Å².